The normalized spacial score (nSPS) is 16.0. The Morgan fingerprint density at radius 2 is 1.83 bits per heavy atom. The summed E-state index contributed by atoms with van der Waals surface area (Å²) in [6.07, 6.45) is 1.56. The van der Waals surface area contributed by atoms with E-state index in [1.54, 1.807) is 25.3 Å². The first-order valence-corrected chi connectivity index (χ1v) is 9.46. The first kappa shape index (κ1) is 18.7. The fourth-order valence-electron chi connectivity index (χ4n) is 3.36. The van der Waals surface area contributed by atoms with Crippen LogP contribution in [0.3, 0.4) is 0 Å². The number of benzene rings is 2. The molecule has 0 fully saturated rings. The molecule has 6 nitrogen and oxygen atoms in total. The van der Waals surface area contributed by atoms with Crippen LogP contribution in [0, 0.1) is 0 Å². The Hall–Kier alpha value is -3.67. The molecule has 2 heterocycles. The Kier molecular flexibility index (Phi) is 5.24. The lowest BCUT2D eigenvalue weighted by Gasteiger charge is -2.23. The third-order valence-corrected chi connectivity index (χ3v) is 4.78. The second-order valence-corrected chi connectivity index (χ2v) is 6.82. The van der Waals surface area contributed by atoms with Gasteiger partial charge < -0.3 is 14.6 Å². The van der Waals surface area contributed by atoms with E-state index in [4.69, 9.17) is 9.41 Å². The molecular formula is C23H21N3O3. The minimum Gasteiger partial charge on any atom is -0.467 e. The Bertz CT molecular complexity index is 1040. The fourth-order valence-corrected chi connectivity index (χ4v) is 3.36. The van der Waals surface area contributed by atoms with E-state index in [2.05, 4.69) is 5.32 Å². The fraction of sp³-hybridized carbons (Fsp3) is 0.174. The SMILES string of the molecule is CC1N=C(c2ccccc2)c2ccccc2N(CC(=O)NCc2ccco2)C1=O. The van der Waals surface area contributed by atoms with Gasteiger partial charge in [-0.1, -0.05) is 48.5 Å². The van der Waals surface area contributed by atoms with Crippen LogP contribution >= 0.6 is 0 Å². The van der Waals surface area contributed by atoms with Crippen molar-refractivity contribution >= 4 is 23.2 Å². The number of benzodiazepines with no additional fused rings is 1. The van der Waals surface area contributed by atoms with E-state index in [1.165, 1.54) is 4.90 Å². The number of hydrogen-bond acceptors (Lipinski definition) is 4. The molecule has 0 spiro atoms. The molecule has 0 saturated heterocycles. The molecule has 1 aromatic heterocycles. The van der Waals surface area contributed by atoms with E-state index in [0.29, 0.717) is 11.4 Å². The zero-order valence-electron chi connectivity index (χ0n) is 16.0. The van der Waals surface area contributed by atoms with Crippen LogP contribution in [0.25, 0.3) is 0 Å². The minimum atomic E-state index is -0.601. The Morgan fingerprint density at radius 1 is 1.07 bits per heavy atom. The Balaban J connectivity index is 1.64. The molecular weight excluding hydrogens is 366 g/mol. The van der Waals surface area contributed by atoms with Crippen molar-refractivity contribution < 1.29 is 14.0 Å². The maximum absolute atomic E-state index is 13.1. The van der Waals surface area contributed by atoms with Crippen LogP contribution in [-0.2, 0) is 16.1 Å². The van der Waals surface area contributed by atoms with Crippen LogP contribution in [0.15, 0.2) is 82.4 Å². The van der Waals surface area contributed by atoms with Crippen molar-refractivity contribution in [1.29, 1.82) is 0 Å². The summed E-state index contributed by atoms with van der Waals surface area (Å²) >= 11 is 0. The van der Waals surface area contributed by atoms with Crippen molar-refractivity contribution in [1.82, 2.24) is 5.32 Å². The number of nitrogens with zero attached hydrogens (tertiary/aromatic N) is 2. The second-order valence-electron chi connectivity index (χ2n) is 6.82. The topological polar surface area (TPSA) is 74.9 Å². The molecule has 1 unspecified atom stereocenters. The molecule has 1 atom stereocenters. The molecule has 29 heavy (non-hydrogen) atoms. The van der Waals surface area contributed by atoms with Gasteiger partial charge in [0.25, 0.3) is 5.91 Å². The van der Waals surface area contributed by atoms with Crippen LogP contribution < -0.4 is 10.2 Å². The van der Waals surface area contributed by atoms with Crippen molar-refractivity contribution in [2.75, 3.05) is 11.4 Å². The molecule has 0 aliphatic carbocycles. The number of furan rings is 1. The highest BCUT2D eigenvalue weighted by Gasteiger charge is 2.30. The molecule has 3 aromatic rings. The number of rotatable bonds is 5. The Labute approximate surface area is 168 Å². The number of carbonyl (C=O) groups excluding carboxylic acids is 2. The number of hydrogen-bond donors (Lipinski definition) is 1. The highest BCUT2D eigenvalue weighted by atomic mass is 16.3. The number of anilines is 1. The monoisotopic (exact) mass is 387 g/mol. The smallest absolute Gasteiger partial charge is 0.252 e. The Morgan fingerprint density at radius 3 is 2.59 bits per heavy atom. The lowest BCUT2D eigenvalue weighted by atomic mass is 10.0. The van der Waals surface area contributed by atoms with E-state index >= 15 is 0 Å². The van der Waals surface area contributed by atoms with Gasteiger partial charge in [-0.15, -0.1) is 0 Å². The standard InChI is InChI=1S/C23H21N3O3/c1-16-23(28)26(15-21(27)24-14-18-10-7-13-29-18)20-12-6-5-11-19(20)22(25-16)17-8-3-2-4-9-17/h2-13,16H,14-15H2,1H3,(H,24,27). The maximum Gasteiger partial charge on any atom is 0.252 e. The van der Waals surface area contributed by atoms with Gasteiger partial charge in [0.15, 0.2) is 0 Å². The zero-order valence-corrected chi connectivity index (χ0v) is 16.0. The maximum atomic E-state index is 13.1. The first-order chi connectivity index (χ1) is 14.1. The van der Waals surface area contributed by atoms with Crippen molar-refractivity contribution in [2.45, 2.75) is 19.5 Å². The molecule has 2 aromatic carbocycles. The molecule has 2 amide bonds. The van der Waals surface area contributed by atoms with E-state index < -0.39 is 6.04 Å². The molecule has 0 saturated carbocycles. The van der Waals surface area contributed by atoms with Gasteiger partial charge in [0, 0.05) is 11.1 Å². The van der Waals surface area contributed by atoms with Gasteiger partial charge in [-0.2, -0.15) is 0 Å². The van der Waals surface area contributed by atoms with Crippen LogP contribution in [0.1, 0.15) is 23.8 Å². The van der Waals surface area contributed by atoms with Gasteiger partial charge in [0.05, 0.1) is 24.2 Å². The molecule has 0 radical (unpaired) electrons. The molecule has 6 heteroatoms. The summed E-state index contributed by atoms with van der Waals surface area (Å²) in [5, 5.41) is 2.80. The average molecular weight is 387 g/mol. The van der Waals surface area contributed by atoms with Crippen LogP contribution in [0.4, 0.5) is 5.69 Å². The van der Waals surface area contributed by atoms with Crippen molar-refractivity contribution in [3.8, 4) is 0 Å². The van der Waals surface area contributed by atoms with Crippen molar-refractivity contribution in [3.63, 3.8) is 0 Å². The lowest BCUT2D eigenvalue weighted by Crippen LogP contribution is -2.43. The minimum absolute atomic E-state index is 0.0848. The summed E-state index contributed by atoms with van der Waals surface area (Å²) in [5.74, 6) is 0.181. The van der Waals surface area contributed by atoms with Crippen molar-refractivity contribution in [2.24, 2.45) is 4.99 Å². The molecule has 146 valence electrons. The summed E-state index contributed by atoms with van der Waals surface area (Å²) in [7, 11) is 0. The van der Waals surface area contributed by atoms with Gasteiger partial charge in [-0.25, -0.2) is 0 Å². The van der Waals surface area contributed by atoms with E-state index in [-0.39, 0.29) is 24.9 Å². The van der Waals surface area contributed by atoms with Crippen LogP contribution in [0.2, 0.25) is 0 Å². The molecule has 0 bridgehead atoms. The van der Waals surface area contributed by atoms with Gasteiger partial charge >= 0.3 is 0 Å². The summed E-state index contributed by atoms with van der Waals surface area (Å²) in [5.41, 5.74) is 3.19. The first-order valence-electron chi connectivity index (χ1n) is 9.46. The summed E-state index contributed by atoms with van der Waals surface area (Å²) in [6.45, 7) is 1.94. The van der Waals surface area contributed by atoms with Gasteiger partial charge in [-0.3, -0.25) is 14.6 Å². The average Bonchev–Trinajstić information content (AvgIpc) is 3.25. The third-order valence-electron chi connectivity index (χ3n) is 4.78. The van der Waals surface area contributed by atoms with Crippen LogP contribution in [-0.4, -0.2) is 30.1 Å². The number of fused-ring (bicyclic) bond motifs is 1. The predicted molar refractivity (Wildman–Crippen MR) is 111 cm³/mol. The number of carbonyl (C=O) groups is 2. The van der Waals surface area contributed by atoms with E-state index in [0.717, 1.165) is 16.8 Å². The number of aliphatic imine (C=N–C) groups is 1. The summed E-state index contributed by atoms with van der Waals surface area (Å²) < 4.78 is 5.24. The van der Waals surface area contributed by atoms with E-state index in [1.807, 2.05) is 54.6 Å². The molecule has 4 rings (SSSR count). The molecule has 1 aliphatic heterocycles. The lowest BCUT2D eigenvalue weighted by molar-refractivity contribution is -0.124. The second kappa shape index (κ2) is 8.14. The summed E-state index contributed by atoms with van der Waals surface area (Å²) in [4.78, 5) is 31.8. The number of nitrogens with one attached hydrogen (secondary N) is 1. The number of amides is 2. The van der Waals surface area contributed by atoms with Gasteiger partial charge in [-0.05, 0) is 25.1 Å². The third kappa shape index (κ3) is 3.96. The highest BCUT2D eigenvalue weighted by Crippen LogP contribution is 2.28. The van der Waals surface area contributed by atoms with E-state index in [9.17, 15) is 9.59 Å². The molecule has 1 aliphatic rings. The number of para-hydroxylation sites is 1. The highest BCUT2D eigenvalue weighted by molar-refractivity contribution is 6.20. The van der Waals surface area contributed by atoms with Crippen molar-refractivity contribution in [3.05, 3.63) is 89.9 Å². The quantitative estimate of drug-likeness (QED) is 0.731. The summed E-state index contributed by atoms with van der Waals surface area (Å²) in [6, 6.07) is 20.3. The largest absolute Gasteiger partial charge is 0.467 e. The van der Waals surface area contributed by atoms with Crippen LogP contribution in [0.5, 0.6) is 0 Å². The predicted octanol–water partition coefficient (Wildman–Crippen LogP) is 3.17. The zero-order chi connectivity index (χ0) is 20.2. The molecule has 1 N–H and O–H groups in total. The van der Waals surface area contributed by atoms with Gasteiger partial charge in [0.2, 0.25) is 5.91 Å². The van der Waals surface area contributed by atoms with Gasteiger partial charge in [0.1, 0.15) is 18.3 Å².